The van der Waals surface area contributed by atoms with E-state index in [1.165, 1.54) is 18.2 Å². The Labute approximate surface area is 220 Å². The number of halogens is 6. The third-order valence-electron chi connectivity index (χ3n) is 6.73. The monoisotopic (exact) mass is 550 g/mol. The largest absolute Gasteiger partial charge is 0.505 e. The third-order valence-corrected chi connectivity index (χ3v) is 6.73. The van der Waals surface area contributed by atoms with Gasteiger partial charge < -0.3 is 14.9 Å². The molecule has 0 saturated heterocycles. The highest BCUT2D eigenvalue weighted by molar-refractivity contribution is 5.78. The number of hydrogen-bond acceptors (Lipinski definition) is 4. The van der Waals surface area contributed by atoms with Crippen LogP contribution in [0, 0.1) is 40.8 Å². The third kappa shape index (κ3) is 5.52. The van der Waals surface area contributed by atoms with E-state index in [2.05, 4.69) is 0 Å². The lowest BCUT2D eigenvalue weighted by Gasteiger charge is -2.22. The van der Waals surface area contributed by atoms with Crippen molar-refractivity contribution in [2.75, 3.05) is 0 Å². The van der Waals surface area contributed by atoms with Gasteiger partial charge in [-0.1, -0.05) is 31.6 Å². The van der Waals surface area contributed by atoms with E-state index < -0.39 is 75.5 Å². The van der Waals surface area contributed by atoms with Crippen LogP contribution in [0.4, 0.5) is 26.3 Å². The fourth-order valence-corrected chi connectivity index (χ4v) is 4.55. The van der Waals surface area contributed by atoms with E-state index in [1.54, 1.807) is 6.92 Å². The summed E-state index contributed by atoms with van der Waals surface area (Å²) in [4.78, 5) is 12.6. The van der Waals surface area contributed by atoms with Crippen molar-refractivity contribution in [3.63, 3.8) is 0 Å². The predicted octanol–water partition coefficient (Wildman–Crippen LogP) is 7.52. The summed E-state index contributed by atoms with van der Waals surface area (Å²) in [6, 6.07) is 6.17. The highest BCUT2D eigenvalue weighted by atomic mass is 19.2. The molecule has 3 aromatic carbocycles. The zero-order valence-corrected chi connectivity index (χ0v) is 20.7. The second kappa shape index (κ2) is 11.5. The van der Waals surface area contributed by atoms with Gasteiger partial charge in [0.15, 0.2) is 34.8 Å². The molecule has 2 atom stereocenters. The minimum atomic E-state index is -1.62. The van der Waals surface area contributed by atoms with Gasteiger partial charge in [-0.15, -0.1) is 0 Å². The molecule has 0 saturated carbocycles. The van der Waals surface area contributed by atoms with Crippen LogP contribution in [-0.4, -0.2) is 16.2 Å². The molecule has 0 radical (unpaired) electrons. The summed E-state index contributed by atoms with van der Waals surface area (Å²) in [7, 11) is 0. The molecule has 0 heterocycles. The minimum absolute atomic E-state index is 0.00775. The van der Waals surface area contributed by atoms with E-state index in [9.17, 15) is 41.4 Å². The van der Waals surface area contributed by atoms with Gasteiger partial charge >= 0.3 is 5.97 Å². The van der Waals surface area contributed by atoms with E-state index in [0.29, 0.717) is 12.0 Å². The number of phenols is 1. The summed E-state index contributed by atoms with van der Waals surface area (Å²) in [5, 5.41) is 19.3. The topological polar surface area (TPSA) is 66.8 Å². The smallest absolute Gasteiger partial charge is 0.314 e. The maximum atomic E-state index is 14.7. The number of aliphatic hydroxyl groups excluding tert-OH is 1. The van der Waals surface area contributed by atoms with Crippen LogP contribution in [0.3, 0.4) is 0 Å². The summed E-state index contributed by atoms with van der Waals surface area (Å²) in [5.74, 6) is -12.0. The number of allylic oxidation sites excluding steroid dienone is 2. The van der Waals surface area contributed by atoms with E-state index >= 15 is 0 Å². The molecule has 3 aromatic rings. The summed E-state index contributed by atoms with van der Waals surface area (Å²) in [5.41, 5.74) is -0.947. The van der Waals surface area contributed by atoms with E-state index in [0.717, 1.165) is 24.3 Å². The van der Waals surface area contributed by atoms with Gasteiger partial charge in [-0.05, 0) is 55.5 Å². The van der Waals surface area contributed by atoms with E-state index in [-0.39, 0.29) is 36.8 Å². The number of benzene rings is 3. The first kappa shape index (κ1) is 28.2. The molecule has 1 aliphatic carbocycles. The fourth-order valence-electron chi connectivity index (χ4n) is 4.55. The van der Waals surface area contributed by atoms with Crippen molar-refractivity contribution in [3.05, 3.63) is 88.5 Å². The summed E-state index contributed by atoms with van der Waals surface area (Å²) in [6.45, 7) is 1.81. The molecule has 4 rings (SSSR count). The SMILES string of the molecule is CCCC(O)c1ccc(C2=CCC(C(=O)Oc3ccc(-c4ccc(O)c(F)c4F)c(F)c3F)CC2)c(F)c1F. The number of rotatable bonds is 7. The molecule has 2 unspecified atom stereocenters. The number of carbonyl (C=O) groups is 1. The van der Waals surface area contributed by atoms with E-state index in [4.69, 9.17) is 4.74 Å². The van der Waals surface area contributed by atoms with Gasteiger partial charge in [0.25, 0.3) is 0 Å². The lowest BCUT2D eigenvalue weighted by atomic mass is 9.86. The van der Waals surface area contributed by atoms with Crippen molar-refractivity contribution in [1.29, 1.82) is 0 Å². The molecular weight excluding hydrogens is 526 g/mol. The molecule has 4 nitrogen and oxygen atoms in total. The Morgan fingerprint density at radius 2 is 1.49 bits per heavy atom. The van der Waals surface area contributed by atoms with Crippen LogP contribution < -0.4 is 4.74 Å². The van der Waals surface area contributed by atoms with Gasteiger partial charge in [0.2, 0.25) is 11.6 Å². The Kier molecular flexibility index (Phi) is 8.34. The molecule has 1 aliphatic rings. The number of ether oxygens (including phenoxy) is 1. The lowest BCUT2D eigenvalue weighted by Crippen LogP contribution is -2.23. The zero-order valence-electron chi connectivity index (χ0n) is 20.7. The van der Waals surface area contributed by atoms with Gasteiger partial charge in [-0.2, -0.15) is 8.78 Å². The van der Waals surface area contributed by atoms with Crippen molar-refractivity contribution in [2.24, 2.45) is 5.92 Å². The molecule has 39 heavy (non-hydrogen) atoms. The Balaban J connectivity index is 1.48. The van der Waals surface area contributed by atoms with Crippen molar-refractivity contribution in [3.8, 4) is 22.6 Å². The lowest BCUT2D eigenvalue weighted by molar-refractivity contribution is -0.139. The number of carbonyl (C=O) groups excluding carboxylic acids is 1. The van der Waals surface area contributed by atoms with Crippen molar-refractivity contribution in [2.45, 2.75) is 45.1 Å². The summed E-state index contributed by atoms with van der Waals surface area (Å²) < 4.78 is 91.4. The van der Waals surface area contributed by atoms with Gasteiger partial charge in [0, 0.05) is 22.3 Å². The fraction of sp³-hybridized carbons (Fsp3) is 0.276. The first-order chi connectivity index (χ1) is 18.5. The van der Waals surface area contributed by atoms with Crippen LogP contribution in [0.1, 0.15) is 56.3 Å². The van der Waals surface area contributed by atoms with Crippen LogP contribution in [-0.2, 0) is 4.79 Å². The van der Waals surface area contributed by atoms with Crippen LogP contribution in [0.5, 0.6) is 11.5 Å². The van der Waals surface area contributed by atoms with Crippen molar-refractivity contribution in [1.82, 2.24) is 0 Å². The van der Waals surface area contributed by atoms with Crippen LogP contribution >= 0.6 is 0 Å². The number of esters is 1. The second-order valence-electron chi connectivity index (χ2n) is 9.26. The van der Waals surface area contributed by atoms with Crippen LogP contribution in [0.2, 0.25) is 0 Å². The Morgan fingerprint density at radius 1 is 0.872 bits per heavy atom. The normalized spacial score (nSPS) is 16.1. The number of phenolic OH excluding ortho intramolecular Hbond substituents is 1. The number of aliphatic hydroxyl groups is 1. The van der Waals surface area contributed by atoms with Gasteiger partial charge in [-0.3, -0.25) is 4.79 Å². The minimum Gasteiger partial charge on any atom is -0.505 e. The highest BCUT2D eigenvalue weighted by Gasteiger charge is 2.28. The molecule has 0 spiro atoms. The maximum Gasteiger partial charge on any atom is 0.314 e. The molecule has 206 valence electrons. The Bertz CT molecular complexity index is 1450. The predicted molar refractivity (Wildman–Crippen MR) is 131 cm³/mol. The van der Waals surface area contributed by atoms with Crippen molar-refractivity contribution < 1.29 is 46.1 Å². The number of aromatic hydroxyl groups is 1. The van der Waals surface area contributed by atoms with Crippen LogP contribution in [0.15, 0.2) is 42.5 Å². The molecular formula is C29H24F6O4. The highest BCUT2D eigenvalue weighted by Crippen LogP contribution is 2.37. The molecule has 0 fully saturated rings. The number of hydrogen-bond donors (Lipinski definition) is 2. The Morgan fingerprint density at radius 3 is 2.13 bits per heavy atom. The van der Waals surface area contributed by atoms with Crippen molar-refractivity contribution >= 4 is 11.5 Å². The Hall–Kier alpha value is -3.79. The zero-order chi connectivity index (χ0) is 28.4. The summed E-state index contributed by atoms with van der Waals surface area (Å²) in [6.07, 6.45) is 1.68. The second-order valence-corrected chi connectivity index (χ2v) is 9.26. The molecule has 0 bridgehead atoms. The van der Waals surface area contributed by atoms with Crippen LogP contribution in [0.25, 0.3) is 16.7 Å². The molecule has 0 aliphatic heterocycles. The maximum absolute atomic E-state index is 14.7. The standard InChI is InChI=1S/C29H24F6O4/c1-2-3-20(36)19-9-8-16(23(30)26(19)33)14-4-6-15(7-5-14)29(38)39-22-13-11-18(25(32)28(22)35)17-10-12-21(37)27(34)24(17)31/h4,8-13,15,20,36-37H,2-3,5-7H2,1H3. The van der Waals surface area contributed by atoms with Gasteiger partial charge in [-0.25, -0.2) is 17.6 Å². The summed E-state index contributed by atoms with van der Waals surface area (Å²) >= 11 is 0. The first-order valence-electron chi connectivity index (χ1n) is 12.3. The van der Waals surface area contributed by atoms with E-state index in [1.807, 2.05) is 0 Å². The molecule has 2 N–H and O–H groups in total. The molecule has 0 aromatic heterocycles. The quantitative estimate of drug-likeness (QED) is 0.182. The van der Waals surface area contributed by atoms with Gasteiger partial charge in [0.1, 0.15) is 0 Å². The average molecular weight is 550 g/mol. The van der Waals surface area contributed by atoms with Gasteiger partial charge in [0.05, 0.1) is 12.0 Å². The average Bonchev–Trinajstić information content (AvgIpc) is 2.92. The molecule has 10 heteroatoms. The molecule has 0 amide bonds. The first-order valence-corrected chi connectivity index (χ1v) is 12.3.